The SMILES string of the molecule is COc1cccc2cc(CN3CCNCC3)c(=O)n(C)c12. The fourth-order valence-electron chi connectivity index (χ4n) is 2.97. The minimum atomic E-state index is 0.0607. The molecule has 5 nitrogen and oxygen atoms in total. The van der Waals surface area contributed by atoms with Crippen LogP contribution in [-0.4, -0.2) is 42.8 Å². The van der Waals surface area contributed by atoms with E-state index in [-0.39, 0.29) is 5.56 Å². The summed E-state index contributed by atoms with van der Waals surface area (Å²) in [5.74, 6) is 0.737. The first-order valence-electron chi connectivity index (χ1n) is 7.29. The summed E-state index contributed by atoms with van der Waals surface area (Å²) in [7, 11) is 3.45. The molecule has 0 aliphatic carbocycles. The van der Waals surface area contributed by atoms with Crippen molar-refractivity contribution in [3.63, 3.8) is 0 Å². The standard InChI is InChI=1S/C16H21N3O2/c1-18-15-12(4-3-5-14(15)21-2)10-13(16(18)20)11-19-8-6-17-7-9-19/h3-5,10,17H,6-9,11H2,1-2H3. The molecule has 1 saturated heterocycles. The Bertz CT molecular complexity index is 702. The van der Waals surface area contributed by atoms with Crippen LogP contribution in [-0.2, 0) is 13.6 Å². The van der Waals surface area contributed by atoms with Crippen LogP contribution in [0.1, 0.15) is 5.56 Å². The van der Waals surface area contributed by atoms with Gasteiger partial charge in [0.1, 0.15) is 5.75 Å². The van der Waals surface area contributed by atoms with Crippen molar-refractivity contribution in [2.75, 3.05) is 33.3 Å². The van der Waals surface area contributed by atoms with Crippen LogP contribution in [0.5, 0.6) is 5.75 Å². The summed E-state index contributed by atoms with van der Waals surface area (Å²) < 4.78 is 7.07. The number of aryl methyl sites for hydroxylation is 1. The molecule has 1 aromatic carbocycles. The van der Waals surface area contributed by atoms with Gasteiger partial charge in [0.15, 0.2) is 0 Å². The molecule has 0 bridgehead atoms. The summed E-state index contributed by atoms with van der Waals surface area (Å²) in [6, 6.07) is 7.87. The van der Waals surface area contributed by atoms with E-state index in [1.54, 1.807) is 11.7 Å². The molecule has 112 valence electrons. The molecule has 0 saturated carbocycles. The lowest BCUT2D eigenvalue weighted by molar-refractivity contribution is 0.232. The van der Waals surface area contributed by atoms with Crippen molar-refractivity contribution in [3.8, 4) is 5.75 Å². The summed E-state index contributed by atoms with van der Waals surface area (Å²) in [5, 5.41) is 4.37. The highest BCUT2D eigenvalue weighted by Crippen LogP contribution is 2.24. The Morgan fingerprint density at radius 2 is 2.05 bits per heavy atom. The number of hydrogen-bond donors (Lipinski definition) is 1. The summed E-state index contributed by atoms with van der Waals surface area (Å²) in [5.41, 5.74) is 1.76. The number of aromatic nitrogens is 1. The fourth-order valence-corrected chi connectivity index (χ4v) is 2.97. The van der Waals surface area contributed by atoms with Crippen LogP contribution in [0.3, 0.4) is 0 Å². The molecule has 0 unspecified atom stereocenters. The Morgan fingerprint density at radius 1 is 1.29 bits per heavy atom. The maximum atomic E-state index is 12.6. The molecule has 1 N–H and O–H groups in total. The second kappa shape index (κ2) is 5.87. The number of nitrogens with one attached hydrogen (secondary N) is 1. The Kier molecular flexibility index (Phi) is 3.94. The van der Waals surface area contributed by atoms with Crippen molar-refractivity contribution in [2.45, 2.75) is 6.54 Å². The van der Waals surface area contributed by atoms with E-state index in [1.165, 1.54) is 0 Å². The molecule has 0 atom stereocenters. The zero-order valence-corrected chi connectivity index (χ0v) is 12.6. The maximum absolute atomic E-state index is 12.6. The lowest BCUT2D eigenvalue weighted by atomic mass is 10.1. The Morgan fingerprint density at radius 3 is 2.76 bits per heavy atom. The number of benzene rings is 1. The number of para-hydroxylation sites is 1. The van der Waals surface area contributed by atoms with Crippen LogP contribution in [0, 0.1) is 0 Å². The molecule has 2 aromatic rings. The molecule has 1 fully saturated rings. The van der Waals surface area contributed by atoms with Crippen molar-refractivity contribution in [3.05, 3.63) is 40.2 Å². The Hall–Kier alpha value is -1.85. The predicted molar refractivity (Wildman–Crippen MR) is 83.9 cm³/mol. The van der Waals surface area contributed by atoms with Crippen LogP contribution in [0.2, 0.25) is 0 Å². The van der Waals surface area contributed by atoms with Crippen molar-refractivity contribution < 1.29 is 4.74 Å². The number of fused-ring (bicyclic) bond motifs is 1. The second-order valence-electron chi connectivity index (χ2n) is 5.46. The van der Waals surface area contributed by atoms with E-state index in [1.807, 2.05) is 31.3 Å². The number of ether oxygens (including phenoxy) is 1. The molecule has 0 amide bonds. The number of nitrogens with zero attached hydrogens (tertiary/aromatic N) is 2. The van der Waals surface area contributed by atoms with E-state index in [2.05, 4.69) is 10.2 Å². The van der Waals surface area contributed by atoms with Crippen molar-refractivity contribution >= 4 is 10.9 Å². The number of rotatable bonds is 3. The first-order valence-corrected chi connectivity index (χ1v) is 7.29. The average Bonchev–Trinajstić information content (AvgIpc) is 2.52. The van der Waals surface area contributed by atoms with Gasteiger partial charge < -0.3 is 14.6 Å². The molecule has 0 radical (unpaired) electrons. The van der Waals surface area contributed by atoms with Crippen LogP contribution in [0.4, 0.5) is 0 Å². The molecular formula is C16H21N3O2. The van der Waals surface area contributed by atoms with Crippen molar-refractivity contribution in [1.29, 1.82) is 0 Å². The summed E-state index contributed by atoms with van der Waals surface area (Å²) in [6.45, 7) is 4.66. The highest BCUT2D eigenvalue weighted by atomic mass is 16.5. The third-order valence-corrected chi connectivity index (χ3v) is 4.10. The topological polar surface area (TPSA) is 46.5 Å². The Balaban J connectivity index is 2.04. The Labute approximate surface area is 124 Å². The first kappa shape index (κ1) is 14.1. The van der Waals surface area contributed by atoms with Gasteiger partial charge >= 0.3 is 0 Å². The van der Waals surface area contributed by atoms with Gasteiger partial charge in [-0.2, -0.15) is 0 Å². The minimum Gasteiger partial charge on any atom is -0.495 e. The van der Waals surface area contributed by atoms with Gasteiger partial charge in [-0.3, -0.25) is 9.69 Å². The summed E-state index contributed by atoms with van der Waals surface area (Å²) >= 11 is 0. The molecule has 3 rings (SSSR count). The first-order chi connectivity index (χ1) is 10.2. The third kappa shape index (κ3) is 2.66. The monoisotopic (exact) mass is 287 g/mol. The molecular weight excluding hydrogens is 266 g/mol. The number of piperazine rings is 1. The van der Waals surface area contributed by atoms with Crippen molar-refractivity contribution in [1.82, 2.24) is 14.8 Å². The molecule has 21 heavy (non-hydrogen) atoms. The highest BCUT2D eigenvalue weighted by Gasteiger charge is 2.15. The van der Waals surface area contributed by atoms with Gasteiger partial charge in [-0.05, 0) is 12.1 Å². The fraction of sp³-hybridized carbons (Fsp3) is 0.438. The smallest absolute Gasteiger partial charge is 0.255 e. The molecule has 1 aliphatic heterocycles. The summed E-state index contributed by atoms with van der Waals surface area (Å²) in [4.78, 5) is 14.9. The number of pyridine rings is 1. The number of hydrogen-bond acceptors (Lipinski definition) is 4. The van der Waals surface area contributed by atoms with Gasteiger partial charge in [-0.15, -0.1) is 0 Å². The molecule has 2 heterocycles. The molecule has 1 aromatic heterocycles. The van der Waals surface area contributed by atoms with E-state index in [4.69, 9.17) is 4.74 Å². The number of methoxy groups -OCH3 is 1. The quantitative estimate of drug-likeness (QED) is 0.913. The lowest BCUT2D eigenvalue weighted by Gasteiger charge is -2.27. The van der Waals surface area contributed by atoms with Gasteiger partial charge in [0.05, 0.1) is 12.6 Å². The van der Waals surface area contributed by atoms with Gasteiger partial charge in [0, 0.05) is 50.7 Å². The van der Waals surface area contributed by atoms with Crippen LogP contribution < -0.4 is 15.6 Å². The van der Waals surface area contributed by atoms with Gasteiger partial charge in [-0.25, -0.2) is 0 Å². The van der Waals surface area contributed by atoms with Gasteiger partial charge in [0.25, 0.3) is 5.56 Å². The largest absolute Gasteiger partial charge is 0.495 e. The molecule has 0 spiro atoms. The molecule has 1 aliphatic rings. The van der Waals surface area contributed by atoms with Gasteiger partial charge in [0.2, 0.25) is 0 Å². The zero-order chi connectivity index (χ0) is 14.8. The molecule has 5 heteroatoms. The zero-order valence-electron chi connectivity index (χ0n) is 12.6. The predicted octanol–water partition coefficient (Wildman–Crippen LogP) is 0.952. The van der Waals surface area contributed by atoms with E-state index in [9.17, 15) is 4.79 Å². The van der Waals surface area contributed by atoms with Crippen LogP contribution in [0.15, 0.2) is 29.1 Å². The second-order valence-corrected chi connectivity index (χ2v) is 5.46. The van der Waals surface area contributed by atoms with E-state index in [0.29, 0.717) is 6.54 Å². The average molecular weight is 287 g/mol. The van der Waals surface area contributed by atoms with E-state index in [0.717, 1.165) is 48.4 Å². The van der Waals surface area contributed by atoms with Gasteiger partial charge in [-0.1, -0.05) is 12.1 Å². The van der Waals surface area contributed by atoms with Crippen LogP contribution in [0.25, 0.3) is 10.9 Å². The van der Waals surface area contributed by atoms with E-state index >= 15 is 0 Å². The third-order valence-electron chi connectivity index (χ3n) is 4.10. The van der Waals surface area contributed by atoms with Crippen LogP contribution >= 0.6 is 0 Å². The van der Waals surface area contributed by atoms with Crippen molar-refractivity contribution in [2.24, 2.45) is 7.05 Å². The normalized spacial score (nSPS) is 16.3. The highest BCUT2D eigenvalue weighted by molar-refractivity contribution is 5.85. The maximum Gasteiger partial charge on any atom is 0.255 e. The van der Waals surface area contributed by atoms with E-state index < -0.39 is 0 Å². The minimum absolute atomic E-state index is 0.0607. The lowest BCUT2D eigenvalue weighted by Crippen LogP contribution is -2.43. The summed E-state index contributed by atoms with van der Waals surface area (Å²) in [6.07, 6.45) is 0.